The minimum absolute atomic E-state index is 0.186. The average Bonchev–Trinajstić information content (AvgIpc) is 2.40. The number of nitrogens with one attached hydrogen (secondary N) is 1. The van der Waals surface area contributed by atoms with Crippen LogP contribution < -0.4 is 5.32 Å². The number of hydrogen-bond donors (Lipinski definition) is 1. The molecule has 0 unspecified atom stereocenters. The van der Waals surface area contributed by atoms with Crippen molar-refractivity contribution >= 4 is 17.7 Å². The summed E-state index contributed by atoms with van der Waals surface area (Å²) in [5.74, 6) is 0.140. The highest BCUT2D eigenvalue weighted by atomic mass is 32.2. The molecule has 0 heterocycles. The molecule has 0 saturated heterocycles. The van der Waals surface area contributed by atoms with E-state index in [4.69, 9.17) is 9.47 Å². The van der Waals surface area contributed by atoms with Crippen LogP contribution in [0.5, 0.6) is 0 Å². The molecule has 0 spiro atoms. The van der Waals surface area contributed by atoms with Gasteiger partial charge in [-0.1, -0.05) is 18.2 Å². The fourth-order valence-electron chi connectivity index (χ4n) is 1.70. The Bertz CT molecular complexity index is 443. The van der Waals surface area contributed by atoms with Gasteiger partial charge in [-0.15, -0.1) is 11.8 Å². The predicted octanol–water partition coefficient (Wildman–Crippen LogP) is 2.86. The Morgan fingerprint density at radius 3 is 2.67 bits per heavy atom. The van der Waals surface area contributed by atoms with Gasteiger partial charge in [0, 0.05) is 25.1 Å². The van der Waals surface area contributed by atoms with E-state index in [1.165, 1.54) is 17.3 Å². The Kier molecular flexibility index (Phi) is 7.78. The van der Waals surface area contributed by atoms with Crippen molar-refractivity contribution in [3.8, 4) is 0 Å². The van der Waals surface area contributed by atoms with Crippen molar-refractivity contribution < 1.29 is 14.3 Å². The zero-order chi connectivity index (χ0) is 15.7. The van der Waals surface area contributed by atoms with Crippen LogP contribution in [-0.4, -0.2) is 37.6 Å². The summed E-state index contributed by atoms with van der Waals surface area (Å²) in [6.07, 6.45) is 0. The molecule has 0 aliphatic carbocycles. The fraction of sp³-hybridized carbons (Fsp3) is 0.562. The highest BCUT2D eigenvalue weighted by molar-refractivity contribution is 8.00. The van der Waals surface area contributed by atoms with E-state index >= 15 is 0 Å². The van der Waals surface area contributed by atoms with Crippen molar-refractivity contribution in [2.75, 3.05) is 26.0 Å². The van der Waals surface area contributed by atoms with Gasteiger partial charge in [-0.25, -0.2) is 0 Å². The van der Waals surface area contributed by atoms with Crippen molar-refractivity contribution in [1.29, 1.82) is 0 Å². The number of methoxy groups -OCH3 is 1. The molecule has 0 radical (unpaired) electrons. The van der Waals surface area contributed by atoms with Gasteiger partial charge >= 0.3 is 5.97 Å². The van der Waals surface area contributed by atoms with Gasteiger partial charge in [0.05, 0.1) is 12.4 Å². The molecule has 0 aliphatic heterocycles. The van der Waals surface area contributed by atoms with Crippen molar-refractivity contribution in [2.24, 2.45) is 0 Å². The first-order chi connectivity index (χ1) is 9.92. The maximum Gasteiger partial charge on any atom is 0.316 e. The van der Waals surface area contributed by atoms with Gasteiger partial charge in [0.15, 0.2) is 0 Å². The number of carbonyl (C=O) groups is 1. The molecule has 0 atom stereocenters. The SMILES string of the molecule is COCCNCc1ccccc1SCC(=O)OC(C)(C)C. The zero-order valence-electron chi connectivity index (χ0n) is 13.3. The summed E-state index contributed by atoms with van der Waals surface area (Å²) in [6, 6.07) is 8.08. The number of thioether (sulfide) groups is 1. The van der Waals surface area contributed by atoms with Crippen LogP contribution in [0.25, 0.3) is 0 Å². The Morgan fingerprint density at radius 1 is 1.29 bits per heavy atom. The van der Waals surface area contributed by atoms with E-state index in [0.29, 0.717) is 12.4 Å². The number of carbonyl (C=O) groups excluding carboxylic acids is 1. The van der Waals surface area contributed by atoms with E-state index in [1.807, 2.05) is 39.0 Å². The van der Waals surface area contributed by atoms with Crippen molar-refractivity contribution in [3.05, 3.63) is 29.8 Å². The quantitative estimate of drug-likeness (QED) is 0.454. The largest absolute Gasteiger partial charge is 0.459 e. The molecule has 118 valence electrons. The van der Waals surface area contributed by atoms with Gasteiger partial charge in [-0.05, 0) is 32.4 Å². The van der Waals surface area contributed by atoms with E-state index in [1.54, 1.807) is 7.11 Å². The summed E-state index contributed by atoms with van der Waals surface area (Å²) in [5.41, 5.74) is 0.751. The predicted molar refractivity (Wildman–Crippen MR) is 86.6 cm³/mol. The van der Waals surface area contributed by atoms with E-state index in [2.05, 4.69) is 11.4 Å². The van der Waals surface area contributed by atoms with E-state index in [0.717, 1.165) is 18.0 Å². The Morgan fingerprint density at radius 2 is 2.00 bits per heavy atom. The molecule has 1 aromatic rings. The summed E-state index contributed by atoms with van der Waals surface area (Å²) in [7, 11) is 1.69. The number of ether oxygens (including phenoxy) is 2. The van der Waals surface area contributed by atoms with Gasteiger partial charge in [-0.2, -0.15) is 0 Å². The highest BCUT2D eigenvalue weighted by Gasteiger charge is 2.16. The summed E-state index contributed by atoms with van der Waals surface area (Å²) < 4.78 is 10.3. The lowest BCUT2D eigenvalue weighted by Gasteiger charge is -2.19. The van der Waals surface area contributed by atoms with Crippen LogP contribution in [0.3, 0.4) is 0 Å². The minimum Gasteiger partial charge on any atom is -0.459 e. The Labute approximate surface area is 131 Å². The van der Waals surface area contributed by atoms with Crippen molar-refractivity contribution in [3.63, 3.8) is 0 Å². The fourth-order valence-corrected chi connectivity index (χ4v) is 2.53. The molecular formula is C16H25NO3S. The summed E-state index contributed by atoms with van der Waals surface area (Å²) in [6.45, 7) is 7.89. The van der Waals surface area contributed by atoms with Crippen LogP contribution in [0.1, 0.15) is 26.3 Å². The van der Waals surface area contributed by atoms with E-state index in [9.17, 15) is 4.79 Å². The second-order valence-corrected chi connectivity index (χ2v) is 6.67. The molecule has 1 rings (SSSR count). The molecule has 5 heteroatoms. The standard InChI is InChI=1S/C16H25NO3S/c1-16(2,3)20-15(18)12-21-14-8-6-5-7-13(14)11-17-9-10-19-4/h5-8,17H,9-12H2,1-4H3. The molecule has 4 nitrogen and oxygen atoms in total. The number of rotatable bonds is 8. The lowest BCUT2D eigenvalue weighted by Crippen LogP contribution is -2.25. The number of benzene rings is 1. The summed E-state index contributed by atoms with van der Waals surface area (Å²) in [4.78, 5) is 12.9. The number of esters is 1. The van der Waals surface area contributed by atoms with Crippen molar-refractivity contribution in [2.45, 2.75) is 37.8 Å². The van der Waals surface area contributed by atoms with Crippen LogP contribution in [0.2, 0.25) is 0 Å². The zero-order valence-corrected chi connectivity index (χ0v) is 14.1. The van der Waals surface area contributed by atoms with Crippen LogP contribution in [-0.2, 0) is 20.8 Å². The number of hydrogen-bond acceptors (Lipinski definition) is 5. The third-order valence-electron chi connectivity index (χ3n) is 2.54. The van der Waals surface area contributed by atoms with Gasteiger partial charge in [0.25, 0.3) is 0 Å². The smallest absolute Gasteiger partial charge is 0.316 e. The summed E-state index contributed by atoms with van der Waals surface area (Å²) in [5, 5.41) is 3.31. The third-order valence-corrected chi connectivity index (χ3v) is 3.63. The Hall–Kier alpha value is -1.04. The van der Waals surface area contributed by atoms with Gasteiger partial charge in [0.2, 0.25) is 0 Å². The normalized spacial score (nSPS) is 11.4. The summed E-state index contributed by atoms with van der Waals surface area (Å²) >= 11 is 1.51. The topological polar surface area (TPSA) is 47.6 Å². The van der Waals surface area contributed by atoms with Gasteiger partial charge in [0.1, 0.15) is 5.60 Å². The second-order valence-electron chi connectivity index (χ2n) is 5.65. The van der Waals surface area contributed by atoms with Gasteiger partial charge in [-0.3, -0.25) is 4.79 Å². The maximum absolute atomic E-state index is 11.8. The van der Waals surface area contributed by atoms with Crippen LogP contribution in [0.15, 0.2) is 29.2 Å². The van der Waals surface area contributed by atoms with Crippen LogP contribution in [0, 0.1) is 0 Å². The molecule has 1 aromatic carbocycles. The molecule has 0 amide bonds. The highest BCUT2D eigenvalue weighted by Crippen LogP contribution is 2.23. The molecule has 0 aromatic heterocycles. The lowest BCUT2D eigenvalue weighted by atomic mass is 10.2. The van der Waals surface area contributed by atoms with Gasteiger partial charge < -0.3 is 14.8 Å². The average molecular weight is 311 g/mol. The molecular weight excluding hydrogens is 286 g/mol. The first-order valence-corrected chi connectivity index (χ1v) is 8.03. The third kappa shape index (κ3) is 8.09. The lowest BCUT2D eigenvalue weighted by molar-refractivity contribution is -0.151. The van der Waals surface area contributed by atoms with Crippen molar-refractivity contribution in [1.82, 2.24) is 5.32 Å². The molecule has 21 heavy (non-hydrogen) atoms. The minimum atomic E-state index is -0.432. The first-order valence-electron chi connectivity index (χ1n) is 7.04. The Balaban J connectivity index is 2.49. The molecule has 0 fully saturated rings. The first kappa shape index (κ1) is 18.0. The van der Waals surface area contributed by atoms with E-state index < -0.39 is 5.60 Å². The van der Waals surface area contributed by atoms with Crippen LogP contribution in [0.4, 0.5) is 0 Å². The maximum atomic E-state index is 11.8. The monoisotopic (exact) mass is 311 g/mol. The van der Waals surface area contributed by atoms with Crippen LogP contribution >= 0.6 is 11.8 Å². The molecule has 0 aliphatic rings. The van der Waals surface area contributed by atoms with E-state index in [-0.39, 0.29) is 5.97 Å². The molecule has 1 N–H and O–H groups in total. The molecule has 0 bridgehead atoms. The molecule has 0 saturated carbocycles. The second kappa shape index (κ2) is 9.07.